The number of nitrogens with zero attached hydrogens (tertiary/aromatic N) is 1. The molecule has 0 radical (unpaired) electrons. The highest BCUT2D eigenvalue weighted by Crippen LogP contribution is 2.25. The van der Waals surface area contributed by atoms with Crippen molar-refractivity contribution in [2.24, 2.45) is 0 Å². The Kier molecular flexibility index (Phi) is 5.43. The van der Waals surface area contributed by atoms with E-state index in [1.54, 1.807) is 0 Å². The molecule has 0 bridgehead atoms. The monoisotopic (exact) mass is 324 g/mol. The van der Waals surface area contributed by atoms with Crippen molar-refractivity contribution < 1.29 is 0 Å². The van der Waals surface area contributed by atoms with Crippen LogP contribution in [-0.2, 0) is 0 Å². The molecule has 1 heterocycles. The van der Waals surface area contributed by atoms with E-state index in [0.29, 0.717) is 18.1 Å². The van der Waals surface area contributed by atoms with Crippen LogP contribution >= 0.6 is 15.9 Å². The molecule has 2 unspecified atom stereocenters. The normalized spacial score (nSPS) is 21.3. The molecule has 0 aromatic heterocycles. The quantitative estimate of drug-likeness (QED) is 0.881. The fourth-order valence-corrected chi connectivity index (χ4v) is 3.18. The van der Waals surface area contributed by atoms with Gasteiger partial charge in [-0.1, -0.05) is 28.1 Å². The molecule has 1 fully saturated rings. The van der Waals surface area contributed by atoms with E-state index in [1.165, 1.54) is 24.9 Å². The lowest BCUT2D eigenvalue weighted by molar-refractivity contribution is 0.150. The first-order valence-electron chi connectivity index (χ1n) is 7.32. The van der Waals surface area contributed by atoms with Crippen LogP contribution in [0.3, 0.4) is 0 Å². The molecule has 0 aliphatic carbocycles. The fourth-order valence-electron chi connectivity index (χ4n) is 2.92. The Hall–Kier alpha value is -0.380. The van der Waals surface area contributed by atoms with Crippen molar-refractivity contribution in [3.05, 3.63) is 34.3 Å². The van der Waals surface area contributed by atoms with Gasteiger partial charge in [-0.15, -0.1) is 0 Å². The van der Waals surface area contributed by atoms with E-state index in [-0.39, 0.29) is 0 Å². The van der Waals surface area contributed by atoms with Crippen molar-refractivity contribution in [2.75, 3.05) is 13.1 Å². The maximum atomic E-state index is 3.61. The Labute approximate surface area is 125 Å². The lowest BCUT2D eigenvalue weighted by Crippen LogP contribution is -2.42. The Morgan fingerprint density at radius 3 is 2.47 bits per heavy atom. The number of halogens is 1. The van der Waals surface area contributed by atoms with Gasteiger partial charge < -0.3 is 5.32 Å². The summed E-state index contributed by atoms with van der Waals surface area (Å²) < 4.78 is 1.15. The first kappa shape index (κ1) is 15.0. The number of hydrogen-bond donors (Lipinski definition) is 1. The smallest absolute Gasteiger partial charge is 0.0323 e. The summed E-state index contributed by atoms with van der Waals surface area (Å²) in [7, 11) is 0. The van der Waals surface area contributed by atoms with Crippen molar-refractivity contribution in [3.63, 3.8) is 0 Å². The number of rotatable bonds is 5. The average Bonchev–Trinajstić information content (AvgIpc) is 2.88. The molecule has 2 nitrogen and oxygen atoms in total. The van der Waals surface area contributed by atoms with Crippen LogP contribution in [0, 0.1) is 0 Å². The van der Waals surface area contributed by atoms with Gasteiger partial charge in [-0.2, -0.15) is 0 Å². The zero-order valence-electron chi connectivity index (χ0n) is 12.2. The summed E-state index contributed by atoms with van der Waals surface area (Å²) in [5.41, 5.74) is 1.40. The van der Waals surface area contributed by atoms with Crippen molar-refractivity contribution in [2.45, 2.75) is 51.7 Å². The van der Waals surface area contributed by atoms with Gasteiger partial charge in [0, 0.05) is 29.1 Å². The van der Waals surface area contributed by atoms with Gasteiger partial charge in [0.2, 0.25) is 0 Å². The second-order valence-electron chi connectivity index (χ2n) is 5.81. The highest BCUT2D eigenvalue weighted by atomic mass is 79.9. The first-order chi connectivity index (χ1) is 9.08. The number of nitrogens with one attached hydrogen (secondary N) is 1. The summed E-state index contributed by atoms with van der Waals surface area (Å²) in [5.74, 6) is 0. The highest BCUT2D eigenvalue weighted by molar-refractivity contribution is 9.10. The lowest BCUT2D eigenvalue weighted by Gasteiger charge is -2.35. The predicted octanol–water partition coefficient (Wildman–Crippen LogP) is 3.97. The standard InChI is InChI=1S/C16H25BrN2/c1-12(2)19(11-16-5-4-10-18-16)13(3)14-6-8-15(17)9-7-14/h6-9,12-13,16,18H,4-5,10-11H2,1-3H3. The third-order valence-corrected chi connectivity index (χ3v) is 4.64. The Balaban J connectivity index is 2.06. The minimum absolute atomic E-state index is 0.468. The van der Waals surface area contributed by atoms with E-state index in [9.17, 15) is 0 Å². The van der Waals surface area contributed by atoms with Gasteiger partial charge >= 0.3 is 0 Å². The van der Waals surface area contributed by atoms with Gasteiger partial charge in [0.05, 0.1) is 0 Å². The van der Waals surface area contributed by atoms with Crippen molar-refractivity contribution in [3.8, 4) is 0 Å². The fraction of sp³-hybridized carbons (Fsp3) is 0.625. The summed E-state index contributed by atoms with van der Waals surface area (Å²) in [6.45, 7) is 9.24. The van der Waals surface area contributed by atoms with Gasteiger partial charge in [-0.3, -0.25) is 4.90 Å². The minimum Gasteiger partial charge on any atom is -0.313 e. The molecular weight excluding hydrogens is 300 g/mol. The van der Waals surface area contributed by atoms with Crippen LogP contribution in [-0.4, -0.2) is 30.1 Å². The number of hydrogen-bond acceptors (Lipinski definition) is 2. The predicted molar refractivity (Wildman–Crippen MR) is 85.4 cm³/mol. The van der Waals surface area contributed by atoms with E-state index in [0.717, 1.165) is 11.0 Å². The van der Waals surface area contributed by atoms with Gasteiger partial charge in [-0.25, -0.2) is 0 Å². The minimum atomic E-state index is 0.468. The van der Waals surface area contributed by atoms with E-state index in [4.69, 9.17) is 0 Å². The van der Waals surface area contributed by atoms with E-state index >= 15 is 0 Å². The van der Waals surface area contributed by atoms with Crippen molar-refractivity contribution in [1.82, 2.24) is 10.2 Å². The topological polar surface area (TPSA) is 15.3 Å². The molecule has 2 atom stereocenters. The van der Waals surface area contributed by atoms with Gasteiger partial charge in [0.1, 0.15) is 0 Å². The average molecular weight is 325 g/mol. The summed E-state index contributed by atoms with van der Waals surface area (Å²) in [6, 6.07) is 10.4. The number of benzene rings is 1. The van der Waals surface area contributed by atoms with E-state index < -0.39 is 0 Å². The largest absolute Gasteiger partial charge is 0.313 e. The van der Waals surface area contributed by atoms with E-state index in [1.807, 2.05) is 0 Å². The lowest BCUT2D eigenvalue weighted by atomic mass is 10.0. The van der Waals surface area contributed by atoms with E-state index in [2.05, 4.69) is 71.2 Å². The second-order valence-corrected chi connectivity index (χ2v) is 6.73. The van der Waals surface area contributed by atoms with Crippen LogP contribution in [0.5, 0.6) is 0 Å². The third-order valence-electron chi connectivity index (χ3n) is 4.11. The van der Waals surface area contributed by atoms with Gasteiger partial charge in [0.15, 0.2) is 0 Å². The van der Waals surface area contributed by atoms with Gasteiger partial charge in [-0.05, 0) is 57.9 Å². The molecule has 3 heteroatoms. The van der Waals surface area contributed by atoms with Crippen LogP contribution in [0.1, 0.15) is 45.2 Å². The molecule has 1 aromatic carbocycles. The Morgan fingerprint density at radius 1 is 1.26 bits per heavy atom. The van der Waals surface area contributed by atoms with Crippen LogP contribution in [0.4, 0.5) is 0 Å². The van der Waals surface area contributed by atoms with Crippen LogP contribution in [0.2, 0.25) is 0 Å². The zero-order chi connectivity index (χ0) is 13.8. The van der Waals surface area contributed by atoms with Crippen LogP contribution in [0.15, 0.2) is 28.7 Å². The second kappa shape index (κ2) is 6.87. The Morgan fingerprint density at radius 2 is 1.95 bits per heavy atom. The van der Waals surface area contributed by atoms with Crippen LogP contribution < -0.4 is 5.32 Å². The van der Waals surface area contributed by atoms with Gasteiger partial charge in [0.25, 0.3) is 0 Å². The Bertz CT molecular complexity index is 382. The molecule has 1 saturated heterocycles. The molecule has 2 rings (SSSR count). The summed E-state index contributed by atoms with van der Waals surface area (Å²) in [6.07, 6.45) is 2.64. The highest BCUT2D eigenvalue weighted by Gasteiger charge is 2.24. The maximum absolute atomic E-state index is 3.61. The van der Waals surface area contributed by atoms with Crippen LogP contribution in [0.25, 0.3) is 0 Å². The summed E-state index contributed by atoms with van der Waals surface area (Å²) in [5, 5.41) is 3.61. The molecule has 0 amide bonds. The molecule has 0 spiro atoms. The molecule has 1 N–H and O–H groups in total. The SMILES string of the molecule is CC(C)N(CC1CCCN1)C(C)c1ccc(Br)cc1. The zero-order valence-corrected chi connectivity index (χ0v) is 13.8. The molecule has 1 aromatic rings. The molecule has 0 saturated carbocycles. The van der Waals surface area contributed by atoms with Crippen molar-refractivity contribution >= 4 is 15.9 Å². The maximum Gasteiger partial charge on any atom is 0.0323 e. The molecule has 19 heavy (non-hydrogen) atoms. The first-order valence-corrected chi connectivity index (χ1v) is 8.12. The molecule has 1 aliphatic heterocycles. The molecule has 106 valence electrons. The van der Waals surface area contributed by atoms with Crippen molar-refractivity contribution in [1.29, 1.82) is 0 Å². The summed E-state index contributed by atoms with van der Waals surface area (Å²) >= 11 is 3.51. The third kappa shape index (κ3) is 4.04. The molecular formula is C16H25BrN2. The summed E-state index contributed by atoms with van der Waals surface area (Å²) in [4.78, 5) is 2.60. The molecule has 1 aliphatic rings.